The average Bonchev–Trinajstić information content (AvgIpc) is 2.44. The van der Waals surface area contributed by atoms with Gasteiger partial charge in [-0.25, -0.2) is 0 Å². The van der Waals surface area contributed by atoms with Gasteiger partial charge in [0.25, 0.3) is 0 Å². The fourth-order valence-corrected chi connectivity index (χ4v) is 2.97. The first-order valence-corrected chi connectivity index (χ1v) is 7.60. The van der Waals surface area contributed by atoms with Crippen LogP contribution in [0.3, 0.4) is 0 Å². The van der Waals surface area contributed by atoms with Crippen LogP contribution in [0.4, 0.5) is 5.69 Å². The highest BCUT2D eigenvalue weighted by atomic mass is 16.5. The summed E-state index contributed by atoms with van der Waals surface area (Å²) in [6.45, 7) is 7.89. The van der Waals surface area contributed by atoms with Crippen molar-refractivity contribution in [1.29, 1.82) is 0 Å². The molecular formula is C17H28N2O. The molecule has 0 bridgehead atoms. The fraction of sp³-hybridized carbons (Fsp3) is 0.647. The van der Waals surface area contributed by atoms with Crippen molar-refractivity contribution in [2.75, 3.05) is 26.0 Å². The third kappa shape index (κ3) is 3.53. The second-order valence-electron chi connectivity index (χ2n) is 6.26. The van der Waals surface area contributed by atoms with Crippen LogP contribution in [0.1, 0.15) is 38.9 Å². The Bertz CT molecular complexity index is 435. The summed E-state index contributed by atoms with van der Waals surface area (Å²) in [7, 11) is 3.98. The Labute approximate surface area is 123 Å². The predicted molar refractivity (Wildman–Crippen MR) is 85.1 cm³/mol. The lowest BCUT2D eigenvalue weighted by atomic mass is 9.89. The third-order valence-electron chi connectivity index (χ3n) is 4.67. The minimum atomic E-state index is 0.144. The average molecular weight is 276 g/mol. The van der Waals surface area contributed by atoms with Crippen molar-refractivity contribution in [2.24, 2.45) is 5.92 Å². The monoisotopic (exact) mass is 276 g/mol. The van der Waals surface area contributed by atoms with Crippen molar-refractivity contribution < 1.29 is 4.74 Å². The number of piperidine rings is 1. The van der Waals surface area contributed by atoms with E-state index in [0.29, 0.717) is 18.0 Å². The fourth-order valence-electron chi connectivity index (χ4n) is 2.97. The Hall–Kier alpha value is -1.06. The molecule has 112 valence electrons. The largest absolute Gasteiger partial charge is 0.382 e. The number of nitrogens with one attached hydrogen (secondary N) is 1. The Morgan fingerprint density at radius 2 is 2.10 bits per heavy atom. The van der Waals surface area contributed by atoms with Gasteiger partial charge < -0.3 is 15.0 Å². The van der Waals surface area contributed by atoms with Crippen LogP contribution in [0.5, 0.6) is 0 Å². The summed E-state index contributed by atoms with van der Waals surface area (Å²) in [6.07, 6.45) is 1.34. The molecule has 1 fully saturated rings. The van der Waals surface area contributed by atoms with E-state index in [2.05, 4.69) is 62.3 Å². The molecule has 0 amide bonds. The van der Waals surface area contributed by atoms with Crippen LogP contribution in [-0.4, -0.2) is 37.7 Å². The van der Waals surface area contributed by atoms with E-state index >= 15 is 0 Å². The molecule has 2 rings (SSSR count). The summed E-state index contributed by atoms with van der Waals surface area (Å²) >= 11 is 0. The quantitative estimate of drug-likeness (QED) is 0.910. The first kappa shape index (κ1) is 15.3. The van der Waals surface area contributed by atoms with Crippen LogP contribution in [0.25, 0.3) is 0 Å². The van der Waals surface area contributed by atoms with E-state index in [4.69, 9.17) is 4.74 Å². The minimum Gasteiger partial charge on any atom is -0.382 e. The second-order valence-corrected chi connectivity index (χ2v) is 6.26. The maximum Gasteiger partial charge on any atom is 0.0793 e. The molecule has 0 saturated carbocycles. The van der Waals surface area contributed by atoms with Gasteiger partial charge in [0.05, 0.1) is 6.10 Å². The normalized spacial score (nSPS) is 29.1. The van der Waals surface area contributed by atoms with Gasteiger partial charge in [0.1, 0.15) is 0 Å². The molecule has 3 nitrogen and oxygen atoms in total. The lowest BCUT2D eigenvalue weighted by Gasteiger charge is -2.40. The van der Waals surface area contributed by atoms with Crippen molar-refractivity contribution in [1.82, 2.24) is 4.90 Å². The van der Waals surface area contributed by atoms with Crippen molar-refractivity contribution in [3.63, 3.8) is 0 Å². The molecule has 1 heterocycles. The molecule has 1 aromatic rings. The van der Waals surface area contributed by atoms with Gasteiger partial charge in [0, 0.05) is 31.4 Å². The van der Waals surface area contributed by atoms with E-state index in [9.17, 15) is 0 Å². The van der Waals surface area contributed by atoms with Gasteiger partial charge >= 0.3 is 0 Å². The molecule has 1 saturated heterocycles. The third-order valence-corrected chi connectivity index (χ3v) is 4.67. The Morgan fingerprint density at radius 3 is 2.80 bits per heavy atom. The number of likely N-dealkylation sites (tertiary alicyclic amines) is 1. The number of ether oxygens (including phenoxy) is 1. The second kappa shape index (κ2) is 6.59. The molecule has 4 atom stereocenters. The zero-order valence-corrected chi connectivity index (χ0v) is 13.4. The summed E-state index contributed by atoms with van der Waals surface area (Å²) in [5.74, 6) is 0.666. The molecule has 1 aromatic carbocycles. The van der Waals surface area contributed by atoms with Crippen molar-refractivity contribution in [3.8, 4) is 0 Å². The molecule has 1 aliphatic heterocycles. The minimum absolute atomic E-state index is 0.144. The van der Waals surface area contributed by atoms with E-state index in [-0.39, 0.29) is 6.10 Å². The highest BCUT2D eigenvalue weighted by Gasteiger charge is 2.28. The first-order chi connectivity index (χ1) is 9.51. The molecule has 0 radical (unpaired) electrons. The highest BCUT2D eigenvalue weighted by molar-refractivity contribution is 5.47. The number of rotatable bonds is 4. The number of anilines is 1. The van der Waals surface area contributed by atoms with Gasteiger partial charge in [0.15, 0.2) is 0 Å². The molecule has 3 heteroatoms. The smallest absolute Gasteiger partial charge is 0.0793 e. The molecule has 1 N–H and O–H groups in total. The Kier molecular flexibility index (Phi) is 5.06. The summed E-state index contributed by atoms with van der Waals surface area (Å²) in [6, 6.07) is 9.79. The molecule has 0 aliphatic carbocycles. The van der Waals surface area contributed by atoms with Crippen molar-refractivity contribution in [3.05, 3.63) is 29.8 Å². The van der Waals surface area contributed by atoms with Crippen LogP contribution in [0, 0.1) is 5.92 Å². The zero-order chi connectivity index (χ0) is 14.7. The molecule has 0 spiro atoms. The lowest BCUT2D eigenvalue weighted by Crippen LogP contribution is -2.48. The van der Waals surface area contributed by atoms with Gasteiger partial charge in [-0.05, 0) is 50.9 Å². The summed E-state index contributed by atoms with van der Waals surface area (Å²) in [5.41, 5.74) is 2.44. The van der Waals surface area contributed by atoms with Crippen molar-refractivity contribution >= 4 is 5.69 Å². The van der Waals surface area contributed by atoms with Gasteiger partial charge in [-0.3, -0.25) is 0 Å². The first-order valence-electron chi connectivity index (χ1n) is 7.60. The van der Waals surface area contributed by atoms with Gasteiger partial charge in [-0.15, -0.1) is 0 Å². The number of benzene rings is 1. The van der Waals surface area contributed by atoms with E-state index in [1.54, 1.807) is 7.11 Å². The van der Waals surface area contributed by atoms with Gasteiger partial charge in [0.2, 0.25) is 0 Å². The van der Waals surface area contributed by atoms with Crippen LogP contribution in [-0.2, 0) is 4.74 Å². The summed E-state index contributed by atoms with van der Waals surface area (Å²) in [5, 5.41) is 3.72. The van der Waals surface area contributed by atoms with Gasteiger partial charge in [-0.2, -0.15) is 0 Å². The van der Waals surface area contributed by atoms with E-state index in [1.807, 2.05) is 0 Å². The summed E-state index contributed by atoms with van der Waals surface area (Å²) in [4.78, 5) is 2.45. The standard InChI is InChI=1S/C17H28N2O/c1-12-11-19(4)13(2)9-17(12)18-16-8-6-7-15(10-16)14(3)20-5/h6-8,10,12-14,17-18H,9,11H2,1-5H3/t12-,13+,14-,17-/m1/s1. The van der Waals surface area contributed by atoms with E-state index in [1.165, 1.54) is 17.7 Å². The number of methoxy groups -OCH3 is 1. The highest BCUT2D eigenvalue weighted by Crippen LogP contribution is 2.26. The van der Waals surface area contributed by atoms with Crippen molar-refractivity contribution in [2.45, 2.75) is 45.4 Å². The molecule has 1 aliphatic rings. The van der Waals surface area contributed by atoms with Crippen LogP contribution < -0.4 is 5.32 Å². The predicted octanol–water partition coefficient (Wildman–Crippen LogP) is 3.53. The lowest BCUT2D eigenvalue weighted by molar-refractivity contribution is 0.119. The van der Waals surface area contributed by atoms with E-state index in [0.717, 1.165) is 6.54 Å². The number of hydrogen-bond donors (Lipinski definition) is 1. The number of nitrogens with zero attached hydrogens (tertiary/aromatic N) is 1. The zero-order valence-electron chi connectivity index (χ0n) is 13.4. The molecule has 20 heavy (non-hydrogen) atoms. The van der Waals surface area contributed by atoms with Crippen LogP contribution in [0.15, 0.2) is 24.3 Å². The molecule has 0 aromatic heterocycles. The van der Waals surface area contributed by atoms with Crippen LogP contribution in [0.2, 0.25) is 0 Å². The Morgan fingerprint density at radius 1 is 1.35 bits per heavy atom. The van der Waals surface area contributed by atoms with Gasteiger partial charge in [-0.1, -0.05) is 19.1 Å². The Balaban J connectivity index is 2.06. The van der Waals surface area contributed by atoms with E-state index < -0.39 is 0 Å². The maximum atomic E-state index is 5.40. The molecule has 0 unspecified atom stereocenters. The molecular weight excluding hydrogens is 248 g/mol. The maximum absolute atomic E-state index is 5.40. The SMILES string of the molecule is CO[C@H](C)c1cccc(N[C@@H]2C[C@H](C)N(C)C[C@H]2C)c1. The topological polar surface area (TPSA) is 24.5 Å². The van der Waals surface area contributed by atoms with Crippen LogP contribution >= 0.6 is 0 Å². The summed E-state index contributed by atoms with van der Waals surface area (Å²) < 4.78 is 5.40. The number of hydrogen-bond acceptors (Lipinski definition) is 3.